The standard InChI is InChI=1S/C10H16ClN5O/c1-3-17-7-4-6(5-7)13-10-15-8(11)14-9(12-2)16-10/h6-7H,3-5H2,1-2H3,(H2,12,13,14,15,16). The van der Waals surface area contributed by atoms with Gasteiger partial charge in [0.1, 0.15) is 0 Å². The van der Waals surface area contributed by atoms with Gasteiger partial charge < -0.3 is 15.4 Å². The molecular formula is C10H16ClN5O. The topological polar surface area (TPSA) is 72.0 Å². The summed E-state index contributed by atoms with van der Waals surface area (Å²) in [5.41, 5.74) is 0. The third kappa shape index (κ3) is 3.17. The maximum atomic E-state index is 5.78. The lowest BCUT2D eigenvalue weighted by atomic mass is 9.89. The summed E-state index contributed by atoms with van der Waals surface area (Å²) in [6, 6.07) is 0.356. The van der Waals surface area contributed by atoms with Gasteiger partial charge in [-0.2, -0.15) is 15.0 Å². The number of ether oxygens (including phenoxy) is 1. The number of aromatic nitrogens is 3. The SMILES string of the molecule is CCOC1CC(Nc2nc(Cl)nc(NC)n2)C1. The molecule has 94 valence electrons. The van der Waals surface area contributed by atoms with E-state index >= 15 is 0 Å². The van der Waals surface area contributed by atoms with Crippen LogP contribution >= 0.6 is 11.6 Å². The van der Waals surface area contributed by atoms with Gasteiger partial charge in [-0.1, -0.05) is 0 Å². The van der Waals surface area contributed by atoms with Gasteiger partial charge in [0.2, 0.25) is 17.2 Å². The Kier molecular flexibility index (Phi) is 3.96. The number of nitrogens with zero attached hydrogens (tertiary/aromatic N) is 3. The summed E-state index contributed by atoms with van der Waals surface area (Å²) < 4.78 is 5.48. The lowest BCUT2D eigenvalue weighted by Crippen LogP contribution is -2.41. The molecule has 1 saturated carbocycles. The Morgan fingerprint density at radius 1 is 1.29 bits per heavy atom. The van der Waals surface area contributed by atoms with E-state index in [4.69, 9.17) is 16.3 Å². The molecule has 0 aromatic carbocycles. The van der Waals surface area contributed by atoms with Gasteiger partial charge in [-0.05, 0) is 31.4 Å². The first-order chi connectivity index (χ1) is 8.21. The second-order valence-corrected chi connectivity index (χ2v) is 4.23. The van der Waals surface area contributed by atoms with E-state index in [1.54, 1.807) is 7.05 Å². The maximum absolute atomic E-state index is 5.78. The molecule has 0 atom stereocenters. The molecule has 2 N–H and O–H groups in total. The van der Waals surface area contributed by atoms with Gasteiger partial charge in [-0.15, -0.1) is 0 Å². The lowest BCUT2D eigenvalue weighted by Gasteiger charge is -2.35. The molecule has 1 aliphatic carbocycles. The predicted molar refractivity (Wildman–Crippen MR) is 66.4 cm³/mol. The highest BCUT2D eigenvalue weighted by atomic mass is 35.5. The number of anilines is 2. The van der Waals surface area contributed by atoms with E-state index in [1.807, 2.05) is 6.92 Å². The van der Waals surface area contributed by atoms with Crippen LogP contribution in [0.5, 0.6) is 0 Å². The Balaban J connectivity index is 1.89. The highest BCUT2D eigenvalue weighted by Gasteiger charge is 2.30. The van der Waals surface area contributed by atoms with Crippen LogP contribution in [0.4, 0.5) is 11.9 Å². The van der Waals surface area contributed by atoms with Crippen molar-refractivity contribution < 1.29 is 4.74 Å². The molecule has 0 radical (unpaired) electrons. The van der Waals surface area contributed by atoms with Gasteiger partial charge in [0.05, 0.1) is 6.10 Å². The smallest absolute Gasteiger partial charge is 0.229 e. The molecule has 1 heterocycles. The van der Waals surface area contributed by atoms with Crippen LogP contribution in [-0.4, -0.2) is 40.8 Å². The van der Waals surface area contributed by atoms with Crippen LogP contribution in [0.25, 0.3) is 0 Å². The fraction of sp³-hybridized carbons (Fsp3) is 0.700. The quantitative estimate of drug-likeness (QED) is 0.834. The molecule has 1 fully saturated rings. The van der Waals surface area contributed by atoms with Crippen molar-refractivity contribution in [2.24, 2.45) is 0 Å². The zero-order valence-electron chi connectivity index (χ0n) is 9.90. The van der Waals surface area contributed by atoms with E-state index in [2.05, 4.69) is 25.6 Å². The van der Waals surface area contributed by atoms with Crippen molar-refractivity contribution in [2.45, 2.75) is 31.9 Å². The minimum atomic E-state index is 0.188. The summed E-state index contributed by atoms with van der Waals surface area (Å²) in [5.74, 6) is 0.975. The zero-order chi connectivity index (χ0) is 12.3. The van der Waals surface area contributed by atoms with Gasteiger partial charge in [0.25, 0.3) is 0 Å². The Morgan fingerprint density at radius 3 is 2.65 bits per heavy atom. The molecule has 2 rings (SSSR count). The van der Waals surface area contributed by atoms with Crippen molar-refractivity contribution in [3.63, 3.8) is 0 Å². The predicted octanol–water partition coefficient (Wildman–Crippen LogP) is 1.55. The molecule has 1 aromatic heterocycles. The molecule has 6 nitrogen and oxygen atoms in total. The molecule has 1 aromatic rings. The summed E-state index contributed by atoms with van der Waals surface area (Å²) >= 11 is 5.78. The maximum Gasteiger partial charge on any atom is 0.229 e. The molecule has 0 spiro atoms. The highest BCUT2D eigenvalue weighted by molar-refractivity contribution is 6.28. The van der Waals surface area contributed by atoms with E-state index in [1.165, 1.54) is 0 Å². The minimum Gasteiger partial charge on any atom is -0.378 e. The van der Waals surface area contributed by atoms with Gasteiger partial charge in [-0.25, -0.2) is 0 Å². The van der Waals surface area contributed by atoms with E-state index in [9.17, 15) is 0 Å². The molecular weight excluding hydrogens is 242 g/mol. The summed E-state index contributed by atoms with van der Waals surface area (Å²) in [6.07, 6.45) is 2.32. The van der Waals surface area contributed by atoms with Crippen molar-refractivity contribution in [1.82, 2.24) is 15.0 Å². The van der Waals surface area contributed by atoms with Gasteiger partial charge >= 0.3 is 0 Å². The van der Waals surface area contributed by atoms with E-state index in [0.29, 0.717) is 24.0 Å². The van der Waals surface area contributed by atoms with Crippen molar-refractivity contribution >= 4 is 23.5 Å². The van der Waals surface area contributed by atoms with Gasteiger partial charge in [-0.3, -0.25) is 0 Å². The largest absolute Gasteiger partial charge is 0.378 e. The summed E-state index contributed by atoms with van der Waals surface area (Å²) in [4.78, 5) is 12.1. The van der Waals surface area contributed by atoms with Crippen molar-refractivity contribution in [2.75, 3.05) is 24.3 Å². The van der Waals surface area contributed by atoms with Gasteiger partial charge in [0.15, 0.2) is 0 Å². The van der Waals surface area contributed by atoms with Crippen LogP contribution in [0.2, 0.25) is 5.28 Å². The van der Waals surface area contributed by atoms with Crippen molar-refractivity contribution in [3.8, 4) is 0 Å². The normalized spacial score (nSPS) is 23.0. The monoisotopic (exact) mass is 257 g/mol. The first kappa shape index (κ1) is 12.3. The average molecular weight is 258 g/mol. The van der Waals surface area contributed by atoms with E-state index in [-0.39, 0.29) is 5.28 Å². The van der Waals surface area contributed by atoms with Gasteiger partial charge in [0, 0.05) is 19.7 Å². The van der Waals surface area contributed by atoms with Crippen LogP contribution in [0.3, 0.4) is 0 Å². The first-order valence-electron chi connectivity index (χ1n) is 5.68. The summed E-state index contributed by atoms with van der Waals surface area (Å²) in [5, 5.41) is 6.24. The van der Waals surface area contributed by atoms with Crippen LogP contribution in [0, 0.1) is 0 Å². The van der Waals surface area contributed by atoms with Crippen molar-refractivity contribution in [3.05, 3.63) is 5.28 Å². The first-order valence-corrected chi connectivity index (χ1v) is 6.06. The molecule has 7 heteroatoms. The van der Waals surface area contributed by atoms with Crippen LogP contribution < -0.4 is 10.6 Å². The average Bonchev–Trinajstić information content (AvgIpc) is 2.25. The number of halogens is 1. The number of hydrogen-bond acceptors (Lipinski definition) is 6. The molecule has 0 bridgehead atoms. The number of rotatable bonds is 5. The Labute approximate surface area is 105 Å². The van der Waals surface area contributed by atoms with E-state index in [0.717, 1.165) is 19.4 Å². The fourth-order valence-electron chi connectivity index (χ4n) is 1.76. The lowest BCUT2D eigenvalue weighted by molar-refractivity contribution is 0.00285. The number of nitrogens with one attached hydrogen (secondary N) is 2. The number of hydrogen-bond donors (Lipinski definition) is 2. The Morgan fingerprint density at radius 2 is 2.00 bits per heavy atom. The van der Waals surface area contributed by atoms with Crippen LogP contribution in [-0.2, 0) is 4.74 Å². The highest BCUT2D eigenvalue weighted by Crippen LogP contribution is 2.26. The molecule has 17 heavy (non-hydrogen) atoms. The second kappa shape index (κ2) is 5.46. The Bertz CT molecular complexity index is 383. The van der Waals surface area contributed by atoms with Crippen LogP contribution in [0.1, 0.15) is 19.8 Å². The molecule has 0 aliphatic heterocycles. The van der Waals surface area contributed by atoms with Crippen LogP contribution in [0.15, 0.2) is 0 Å². The Hall–Kier alpha value is -1.14. The fourth-order valence-corrected chi connectivity index (χ4v) is 1.92. The van der Waals surface area contributed by atoms with E-state index < -0.39 is 0 Å². The third-order valence-electron chi connectivity index (χ3n) is 2.66. The molecule has 0 unspecified atom stereocenters. The second-order valence-electron chi connectivity index (χ2n) is 3.89. The van der Waals surface area contributed by atoms with Crippen molar-refractivity contribution in [1.29, 1.82) is 0 Å². The minimum absolute atomic E-state index is 0.188. The molecule has 0 amide bonds. The third-order valence-corrected chi connectivity index (χ3v) is 2.83. The summed E-state index contributed by atoms with van der Waals surface area (Å²) in [7, 11) is 1.74. The molecule has 0 saturated heterocycles. The molecule has 1 aliphatic rings. The zero-order valence-corrected chi connectivity index (χ0v) is 10.7. The summed E-state index contributed by atoms with van der Waals surface area (Å²) in [6.45, 7) is 2.77.